The van der Waals surface area contributed by atoms with E-state index in [0.29, 0.717) is 22.8 Å². The van der Waals surface area contributed by atoms with E-state index in [1.54, 1.807) is 40.9 Å². The number of para-hydroxylation sites is 2. The number of hydrogen-bond acceptors (Lipinski definition) is 5. The average molecular weight is 607 g/mol. The molecule has 0 radical (unpaired) electrons. The molecule has 10 heteroatoms. The molecule has 3 fully saturated rings. The Morgan fingerprint density at radius 3 is 2.46 bits per heavy atom. The molecule has 7 nitrogen and oxygen atoms in total. The summed E-state index contributed by atoms with van der Waals surface area (Å²) in [5, 5.41) is 16.5. The number of carbonyl (C=O) groups excluding carboxylic acids is 3. The van der Waals surface area contributed by atoms with Crippen LogP contribution >= 0.6 is 39.3 Å². The van der Waals surface area contributed by atoms with Crippen molar-refractivity contribution < 1.29 is 19.5 Å². The highest BCUT2D eigenvalue weighted by Crippen LogP contribution is 2.68. The zero-order valence-corrected chi connectivity index (χ0v) is 23.6. The van der Waals surface area contributed by atoms with E-state index < -0.39 is 28.7 Å². The largest absolute Gasteiger partial charge is 0.394 e. The number of nitrogens with one attached hydrogen (secondary N) is 2. The molecular weight excluding hydrogens is 578 g/mol. The Hall–Kier alpha value is -2.07. The summed E-state index contributed by atoms with van der Waals surface area (Å²) in [6, 6.07) is 14.7. The van der Waals surface area contributed by atoms with E-state index in [9.17, 15) is 19.5 Å². The molecule has 3 N–H and O–H groups in total. The number of aliphatic hydroxyl groups excluding tert-OH is 1. The fourth-order valence-corrected chi connectivity index (χ4v) is 9.94. The maximum absolute atomic E-state index is 14.2. The minimum atomic E-state index is -0.870. The smallest absolute Gasteiger partial charge is 0.248 e. The number of aliphatic hydroxyl groups is 1. The number of nitrogens with zero attached hydrogens (tertiary/aromatic N) is 1. The first-order chi connectivity index (χ1) is 17.7. The van der Waals surface area contributed by atoms with Gasteiger partial charge >= 0.3 is 0 Å². The van der Waals surface area contributed by atoms with Gasteiger partial charge in [0.1, 0.15) is 6.04 Å². The minimum Gasteiger partial charge on any atom is -0.394 e. The number of alkyl halides is 1. The van der Waals surface area contributed by atoms with Gasteiger partial charge in [0.05, 0.1) is 39.9 Å². The summed E-state index contributed by atoms with van der Waals surface area (Å²) in [5.74, 6) is -2.25. The van der Waals surface area contributed by atoms with Crippen LogP contribution in [0.2, 0.25) is 5.02 Å². The molecule has 3 heterocycles. The Kier molecular flexibility index (Phi) is 7.35. The Bertz CT molecular complexity index is 1220. The van der Waals surface area contributed by atoms with Crippen LogP contribution in [0.4, 0.5) is 11.4 Å². The fourth-order valence-electron chi connectivity index (χ4n) is 6.15. The zero-order chi connectivity index (χ0) is 26.5. The molecule has 0 saturated carbocycles. The zero-order valence-electron chi connectivity index (χ0n) is 20.4. The molecule has 2 bridgehead atoms. The van der Waals surface area contributed by atoms with E-state index in [1.807, 2.05) is 44.2 Å². The third-order valence-electron chi connectivity index (χ3n) is 7.77. The van der Waals surface area contributed by atoms with Crippen molar-refractivity contribution in [1.29, 1.82) is 0 Å². The van der Waals surface area contributed by atoms with Gasteiger partial charge in [-0.25, -0.2) is 0 Å². The van der Waals surface area contributed by atoms with Crippen molar-refractivity contribution in [2.24, 2.45) is 17.8 Å². The van der Waals surface area contributed by atoms with Crippen LogP contribution in [-0.4, -0.2) is 61.2 Å². The summed E-state index contributed by atoms with van der Waals surface area (Å²) in [7, 11) is 0. The lowest BCUT2D eigenvalue weighted by molar-refractivity contribution is -0.142. The van der Waals surface area contributed by atoms with Gasteiger partial charge in [0.2, 0.25) is 17.7 Å². The Morgan fingerprint density at radius 1 is 1.14 bits per heavy atom. The van der Waals surface area contributed by atoms with Crippen molar-refractivity contribution in [3.05, 3.63) is 59.6 Å². The van der Waals surface area contributed by atoms with Crippen LogP contribution in [0, 0.1) is 17.8 Å². The van der Waals surface area contributed by atoms with Crippen LogP contribution in [0.15, 0.2) is 54.6 Å². The highest BCUT2D eigenvalue weighted by molar-refractivity contribution is 9.09. The van der Waals surface area contributed by atoms with Crippen LogP contribution in [0.1, 0.15) is 20.3 Å². The van der Waals surface area contributed by atoms with Crippen LogP contribution in [0.25, 0.3) is 0 Å². The molecule has 3 amide bonds. The predicted molar refractivity (Wildman–Crippen MR) is 150 cm³/mol. The Labute approximate surface area is 233 Å². The number of benzene rings is 2. The highest BCUT2D eigenvalue weighted by Gasteiger charge is 2.76. The minimum absolute atomic E-state index is 0.0461. The first-order valence-corrected chi connectivity index (χ1v) is 14.5. The SMILES string of the molecule is CC(C)[C@H](CO)N1C(=O)[C@@H]2[C@H](C(=O)Nc3ccccc3)[C@H]3SC2(CC3Br)C1C(=O)Nc1ccccc1Cl. The molecule has 5 rings (SSSR count). The van der Waals surface area contributed by atoms with E-state index in [4.69, 9.17) is 11.6 Å². The molecule has 3 aliphatic heterocycles. The van der Waals surface area contributed by atoms with Crippen LogP contribution in [-0.2, 0) is 14.4 Å². The van der Waals surface area contributed by atoms with Gasteiger partial charge in [-0.2, -0.15) is 0 Å². The monoisotopic (exact) mass is 605 g/mol. The topological polar surface area (TPSA) is 98.7 Å². The van der Waals surface area contributed by atoms with Crippen LogP contribution in [0.3, 0.4) is 0 Å². The van der Waals surface area contributed by atoms with E-state index in [-0.39, 0.29) is 40.3 Å². The normalized spacial score (nSPS) is 30.9. The van der Waals surface area contributed by atoms with Gasteiger partial charge in [0.25, 0.3) is 0 Å². The van der Waals surface area contributed by atoms with Crippen molar-refractivity contribution in [2.75, 3.05) is 17.2 Å². The van der Waals surface area contributed by atoms with Crippen LogP contribution in [0.5, 0.6) is 0 Å². The van der Waals surface area contributed by atoms with Gasteiger partial charge < -0.3 is 20.6 Å². The quantitative estimate of drug-likeness (QED) is 0.406. The van der Waals surface area contributed by atoms with Gasteiger partial charge in [-0.3, -0.25) is 14.4 Å². The predicted octanol–water partition coefficient (Wildman–Crippen LogP) is 4.40. The van der Waals surface area contributed by atoms with Crippen molar-refractivity contribution in [1.82, 2.24) is 4.90 Å². The number of anilines is 2. The summed E-state index contributed by atoms with van der Waals surface area (Å²) >= 11 is 11.7. The van der Waals surface area contributed by atoms with E-state index in [0.717, 1.165) is 0 Å². The lowest BCUT2D eigenvalue weighted by Gasteiger charge is -2.38. The standard InChI is InChI=1S/C27H29BrClN3O4S/c1-14(2)19(13-33)32-23(25(35)31-18-11-7-6-10-17(18)29)27-12-16(28)22(37-27)20(21(27)26(32)36)24(34)30-15-8-4-3-5-9-15/h3-11,14,16,19-23,33H,12-13H2,1-2H3,(H,30,34)(H,31,35)/t16?,19-,20-,21-,22-,23?,27?/m0/s1. The van der Waals surface area contributed by atoms with Crippen LogP contribution < -0.4 is 10.6 Å². The summed E-state index contributed by atoms with van der Waals surface area (Å²) in [5.41, 5.74) is 1.11. The van der Waals surface area contributed by atoms with Gasteiger partial charge in [-0.1, -0.05) is 71.7 Å². The molecule has 0 aliphatic carbocycles. The maximum Gasteiger partial charge on any atom is 0.248 e. The number of rotatable bonds is 7. The average Bonchev–Trinajstić information content (AvgIpc) is 3.45. The molecule has 7 atom stereocenters. The van der Waals surface area contributed by atoms with Crippen molar-refractivity contribution >= 4 is 68.4 Å². The molecule has 37 heavy (non-hydrogen) atoms. The number of fused-ring (bicyclic) bond motifs is 1. The lowest BCUT2D eigenvalue weighted by atomic mass is 9.70. The first-order valence-electron chi connectivity index (χ1n) is 12.4. The fraction of sp³-hybridized carbons (Fsp3) is 0.444. The number of likely N-dealkylation sites (tertiary alicyclic amines) is 1. The van der Waals surface area contributed by atoms with Gasteiger partial charge in [-0.05, 0) is 36.6 Å². The summed E-state index contributed by atoms with van der Waals surface area (Å²) < 4.78 is -0.817. The van der Waals surface area contributed by atoms with Crippen molar-refractivity contribution in [3.8, 4) is 0 Å². The third kappa shape index (κ3) is 4.37. The molecule has 1 spiro atoms. The number of amides is 3. The van der Waals surface area contributed by atoms with Gasteiger partial charge in [0.15, 0.2) is 0 Å². The Balaban J connectivity index is 1.55. The molecule has 2 aromatic rings. The first kappa shape index (κ1) is 26.5. The number of thioether (sulfide) groups is 1. The number of carbonyl (C=O) groups is 3. The number of hydrogen-bond donors (Lipinski definition) is 3. The second-order valence-corrected chi connectivity index (χ2v) is 13.4. The maximum atomic E-state index is 14.2. The Morgan fingerprint density at radius 2 is 1.81 bits per heavy atom. The number of halogens is 2. The molecule has 3 unspecified atom stereocenters. The van der Waals surface area contributed by atoms with Crippen molar-refractivity contribution in [3.63, 3.8) is 0 Å². The second-order valence-electron chi connectivity index (χ2n) is 10.2. The van der Waals surface area contributed by atoms with E-state index in [1.165, 1.54) is 0 Å². The highest BCUT2D eigenvalue weighted by atomic mass is 79.9. The molecular formula is C27H29BrClN3O4S. The molecule has 196 valence electrons. The molecule has 3 saturated heterocycles. The summed E-state index contributed by atoms with van der Waals surface area (Å²) in [6.07, 6.45) is 0.557. The molecule has 3 aliphatic rings. The molecule has 2 aromatic carbocycles. The summed E-state index contributed by atoms with van der Waals surface area (Å²) in [4.78, 5) is 43.3. The van der Waals surface area contributed by atoms with Gasteiger partial charge in [0, 0.05) is 15.8 Å². The van der Waals surface area contributed by atoms with E-state index in [2.05, 4.69) is 26.6 Å². The van der Waals surface area contributed by atoms with Crippen molar-refractivity contribution in [2.45, 2.75) is 47.2 Å². The third-order valence-corrected chi connectivity index (χ3v) is 11.3. The molecule has 0 aromatic heterocycles. The second kappa shape index (κ2) is 10.2. The lowest BCUT2D eigenvalue weighted by Crippen LogP contribution is -2.56. The summed E-state index contributed by atoms with van der Waals surface area (Å²) in [6.45, 7) is 3.55. The van der Waals surface area contributed by atoms with Gasteiger partial charge in [-0.15, -0.1) is 11.8 Å². The van der Waals surface area contributed by atoms with E-state index >= 15 is 0 Å².